The van der Waals surface area contributed by atoms with Gasteiger partial charge < -0.3 is 9.80 Å². The summed E-state index contributed by atoms with van der Waals surface area (Å²) in [5.41, 5.74) is 0.400. The first kappa shape index (κ1) is 22.2. The van der Waals surface area contributed by atoms with Gasteiger partial charge in [-0.05, 0) is 31.2 Å². The first-order chi connectivity index (χ1) is 15.2. The standard InChI is InChI=1S/C21H26N6O4S/c1-15-22-18(24(2)3)14-19(23-15)25-10-12-26(13-11-25)32(30,31)17-6-4-16(5-7-17)27-20(28)8-9-21(27)29/h4-7,14H,8-13H2,1-3H3. The van der Waals surface area contributed by atoms with Crippen molar-refractivity contribution in [3.05, 3.63) is 36.2 Å². The number of aromatic nitrogens is 2. The molecule has 2 amide bonds. The maximum Gasteiger partial charge on any atom is 0.243 e. The Kier molecular flexibility index (Phi) is 5.87. The maximum absolute atomic E-state index is 13.1. The van der Waals surface area contributed by atoms with E-state index in [1.807, 2.05) is 32.0 Å². The van der Waals surface area contributed by atoms with Crippen molar-refractivity contribution in [2.75, 3.05) is 55.0 Å². The van der Waals surface area contributed by atoms with E-state index in [4.69, 9.17) is 0 Å². The molecule has 4 rings (SSSR count). The summed E-state index contributed by atoms with van der Waals surface area (Å²) in [4.78, 5) is 37.9. The molecule has 2 aliphatic rings. The number of anilines is 3. The number of aryl methyl sites for hydroxylation is 1. The van der Waals surface area contributed by atoms with Gasteiger partial charge in [0.15, 0.2) is 0 Å². The topological polar surface area (TPSA) is 107 Å². The molecule has 0 radical (unpaired) electrons. The van der Waals surface area contributed by atoms with E-state index in [2.05, 4.69) is 14.9 Å². The van der Waals surface area contributed by atoms with Crippen LogP contribution in [0.2, 0.25) is 0 Å². The van der Waals surface area contributed by atoms with Gasteiger partial charge in [-0.25, -0.2) is 18.4 Å². The third kappa shape index (κ3) is 4.17. The van der Waals surface area contributed by atoms with E-state index in [9.17, 15) is 18.0 Å². The third-order valence-corrected chi connectivity index (χ3v) is 7.53. The lowest BCUT2D eigenvalue weighted by Gasteiger charge is -2.35. The first-order valence-corrected chi connectivity index (χ1v) is 11.8. The Bertz CT molecular complexity index is 1130. The summed E-state index contributed by atoms with van der Waals surface area (Å²) < 4.78 is 27.7. The van der Waals surface area contributed by atoms with Gasteiger partial charge in [0.25, 0.3) is 0 Å². The summed E-state index contributed by atoms with van der Waals surface area (Å²) in [5.74, 6) is 1.72. The predicted molar refractivity (Wildman–Crippen MR) is 120 cm³/mol. The molecule has 10 nitrogen and oxygen atoms in total. The van der Waals surface area contributed by atoms with Crippen molar-refractivity contribution in [1.29, 1.82) is 0 Å². The van der Waals surface area contributed by atoms with Crippen LogP contribution < -0.4 is 14.7 Å². The fourth-order valence-corrected chi connectivity index (χ4v) is 5.29. The summed E-state index contributed by atoms with van der Waals surface area (Å²) >= 11 is 0. The number of hydrogen-bond donors (Lipinski definition) is 0. The summed E-state index contributed by atoms with van der Waals surface area (Å²) in [6, 6.07) is 7.82. The zero-order chi connectivity index (χ0) is 23.0. The van der Waals surface area contributed by atoms with Crippen LogP contribution in [0.3, 0.4) is 0 Å². The van der Waals surface area contributed by atoms with Crippen molar-refractivity contribution in [2.45, 2.75) is 24.7 Å². The smallest absolute Gasteiger partial charge is 0.243 e. The summed E-state index contributed by atoms with van der Waals surface area (Å²) in [7, 11) is 0.140. The number of sulfonamides is 1. The second-order valence-electron chi connectivity index (χ2n) is 8.03. The number of benzene rings is 1. The molecule has 3 heterocycles. The van der Waals surface area contributed by atoms with Crippen LogP contribution in [0.1, 0.15) is 18.7 Å². The van der Waals surface area contributed by atoms with Gasteiger partial charge in [0, 0.05) is 59.2 Å². The Morgan fingerprint density at radius 3 is 2.06 bits per heavy atom. The van der Waals surface area contributed by atoms with Gasteiger partial charge in [-0.15, -0.1) is 0 Å². The molecule has 2 saturated heterocycles. The lowest BCUT2D eigenvalue weighted by atomic mass is 10.3. The highest BCUT2D eigenvalue weighted by atomic mass is 32.2. The second-order valence-corrected chi connectivity index (χ2v) is 9.97. The number of piperazine rings is 1. The third-order valence-electron chi connectivity index (χ3n) is 5.62. The van der Waals surface area contributed by atoms with Crippen LogP contribution in [0.5, 0.6) is 0 Å². The van der Waals surface area contributed by atoms with Crippen molar-refractivity contribution in [3.8, 4) is 0 Å². The average molecular weight is 459 g/mol. The molecule has 1 aromatic carbocycles. The summed E-state index contributed by atoms with van der Waals surface area (Å²) in [5, 5.41) is 0. The van der Waals surface area contributed by atoms with Gasteiger partial charge in [-0.2, -0.15) is 4.31 Å². The monoisotopic (exact) mass is 458 g/mol. The molecule has 1 aromatic heterocycles. The first-order valence-electron chi connectivity index (χ1n) is 10.4. The molecule has 11 heteroatoms. The zero-order valence-electron chi connectivity index (χ0n) is 18.4. The largest absolute Gasteiger partial charge is 0.363 e. The number of imide groups is 1. The number of hydrogen-bond acceptors (Lipinski definition) is 8. The minimum atomic E-state index is -3.69. The van der Waals surface area contributed by atoms with Crippen LogP contribution in [-0.2, 0) is 19.6 Å². The number of rotatable bonds is 5. The highest BCUT2D eigenvalue weighted by Crippen LogP contribution is 2.26. The molecule has 0 unspecified atom stereocenters. The highest BCUT2D eigenvalue weighted by Gasteiger charge is 2.32. The number of carbonyl (C=O) groups excluding carboxylic acids is 2. The van der Waals surface area contributed by atoms with Gasteiger partial charge in [0.2, 0.25) is 21.8 Å². The van der Waals surface area contributed by atoms with E-state index in [0.717, 1.165) is 16.5 Å². The molecular weight excluding hydrogens is 432 g/mol. The molecule has 170 valence electrons. The van der Waals surface area contributed by atoms with E-state index in [1.54, 1.807) is 0 Å². The van der Waals surface area contributed by atoms with Gasteiger partial charge in [0.1, 0.15) is 17.5 Å². The van der Waals surface area contributed by atoms with Crippen molar-refractivity contribution in [2.24, 2.45) is 0 Å². The molecule has 0 aliphatic carbocycles. The van der Waals surface area contributed by atoms with Crippen molar-refractivity contribution in [1.82, 2.24) is 14.3 Å². The van der Waals surface area contributed by atoms with Crippen LogP contribution in [0, 0.1) is 6.92 Å². The summed E-state index contributed by atoms with van der Waals surface area (Å²) in [6.07, 6.45) is 0.371. The van der Waals surface area contributed by atoms with Gasteiger partial charge in [0.05, 0.1) is 10.6 Å². The molecule has 0 spiro atoms. The molecular formula is C21H26N6O4S. The quantitative estimate of drug-likeness (QED) is 0.611. The lowest BCUT2D eigenvalue weighted by molar-refractivity contribution is -0.121. The van der Waals surface area contributed by atoms with Crippen LogP contribution in [0.15, 0.2) is 35.2 Å². The van der Waals surface area contributed by atoms with E-state index >= 15 is 0 Å². The predicted octanol–water partition coefficient (Wildman–Crippen LogP) is 1.02. The van der Waals surface area contributed by atoms with Crippen LogP contribution in [0.25, 0.3) is 0 Å². The molecule has 0 saturated carbocycles. The molecule has 0 N–H and O–H groups in total. The summed E-state index contributed by atoms with van der Waals surface area (Å²) in [6.45, 7) is 3.51. The van der Waals surface area contributed by atoms with Gasteiger partial charge in [-0.3, -0.25) is 14.5 Å². The Morgan fingerprint density at radius 1 is 0.906 bits per heavy atom. The highest BCUT2D eigenvalue weighted by molar-refractivity contribution is 7.89. The maximum atomic E-state index is 13.1. The molecule has 0 bridgehead atoms. The van der Waals surface area contributed by atoms with Crippen molar-refractivity contribution in [3.63, 3.8) is 0 Å². The Balaban J connectivity index is 1.46. The fourth-order valence-electron chi connectivity index (χ4n) is 3.87. The van der Waals surface area contributed by atoms with E-state index < -0.39 is 10.0 Å². The van der Waals surface area contributed by atoms with Crippen LogP contribution >= 0.6 is 0 Å². The van der Waals surface area contributed by atoms with Crippen molar-refractivity contribution >= 4 is 39.2 Å². The number of carbonyl (C=O) groups is 2. The second kappa shape index (κ2) is 8.47. The average Bonchev–Trinajstić information content (AvgIpc) is 3.11. The van der Waals surface area contributed by atoms with E-state index in [0.29, 0.717) is 37.7 Å². The number of nitrogens with zero attached hydrogens (tertiary/aromatic N) is 6. The van der Waals surface area contributed by atoms with E-state index in [1.165, 1.54) is 28.6 Å². The van der Waals surface area contributed by atoms with Crippen LogP contribution in [0.4, 0.5) is 17.3 Å². The Labute approximate surface area is 187 Å². The zero-order valence-corrected chi connectivity index (χ0v) is 19.2. The minimum Gasteiger partial charge on any atom is -0.363 e. The minimum absolute atomic E-state index is 0.140. The molecule has 2 fully saturated rings. The van der Waals surface area contributed by atoms with Gasteiger partial charge >= 0.3 is 0 Å². The SMILES string of the molecule is Cc1nc(N(C)C)cc(N2CCN(S(=O)(=O)c3ccc(N4C(=O)CCC4=O)cc3)CC2)n1. The van der Waals surface area contributed by atoms with E-state index in [-0.39, 0.29) is 29.6 Å². The normalized spacial score (nSPS) is 17.8. The molecule has 32 heavy (non-hydrogen) atoms. The Hall–Kier alpha value is -3.05. The molecule has 2 aliphatic heterocycles. The fraction of sp³-hybridized carbons (Fsp3) is 0.429. The van der Waals surface area contributed by atoms with Crippen LogP contribution in [-0.4, -0.2) is 74.8 Å². The lowest BCUT2D eigenvalue weighted by Crippen LogP contribution is -2.49. The van der Waals surface area contributed by atoms with Gasteiger partial charge in [-0.1, -0.05) is 0 Å². The van der Waals surface area contributed by atoms with Crippen molar-refractivity contribution < 1.29 is 18.0 Å². The molecule has 2 aromatic rings. The number of amides is 2. The Morgan fingerprint density at radius 2 is 1.50 bits per heavy atom. The molecule has 0 atom stereocenters.